The molecule has 0 aromatic heterocycles. The van der Waals surface area contributed by atoms with Crippen LogP contribution in [0, 0.1) is 0 Å². The largest absolute Gasteiger partial charge is 0.394 e. The predicted octanol–water partition coefficient (Wildman–Crippen LogP) is 4.32. The van der Waals surface area contributed by atoms with E-state index < -0.39 is 86.8 Å². The molecule has 12 atom stereocenters. The van der Waals surface area contributed by atoms with Crippen molar-refractivity contribution < 1.29 is 64.6 Å². The Morgan fingerprint density at radius 1 is 0.617 bits per heavy atom. The Labute approximate surface area is 358 Å². The Morgan fingerprint density at radius 2 is 1.15 bits per heavy atom. The summed E-state index contributed by atoms with van der Waals surface area (Å²) >= 11 is 0. The number of amides is 1. The van der Waals surface area contributed by atoms with Gasteiger partial charge in [-0.05, 0) is 57.8 Å². The van der Waals surface area contributed by atoms with Crippen molar-refractivity contribution >= 4 is 5.91 Å². The van der Waals surface area contributed by atoms with Crippen molar-refractivity contribution in [2.45, 2.75) is 203 Å². The lowest BCUT2D eigenvalue weighted by Gasteiger charge is -2.46. The lowest BCUT2D eigenvalue weighted by atomic mass is 9.97. The van der Waals surface area contributed by atoms with Gasteiger partial charge in [-0.2, -0.15) is 0 Å². The van der Waals surface area contributed by atoms with Crippen LogP contribution in [-0.2, 0) is 23.7 Å². The van der Waals surface area contributed by atoms with E-state index in [1.165, 1.54) is 25.7 Å². The van der Waals surface area contributed by atoms with E-state index in [1.807, 2.05) is 6.08 Å². The number of aliphatic hydroxyl groups is 8. The SMILES string of the molecule is CC/C=C\C/C=C\C/C=C\C/C=C\CCCCCCC(=O)NC(COC1OC(CO)C(OC2OC(CO)C(O)C(O)C2O)C(O)C1O)C(O)/C=C/CCCCCCCCC. The molecule has 14 heteroatoms. The molecule has 2 saturated heterocycles. The van der Waals surface area contributed by atoms with Gasteiger partial charge in [-0.3, -0.25) is 4.79 Å². The number of ether oxygens (including phenoxy) is 4. The highest BCUT2D eigenvalue weighted by molar-refractivity contribution is 5.76. The summed E-state index contributed by atoms with van der Waals surface area (Å²) in [6, 6.07) is -0.926. The minimum atomic E-state index is -1.79. The molecule has 1 amide bonds. The molecular weight excluding hydrogens is 774 g/mol. The van der Waals surface area contributed by atoms with Gasteiger partial charge in [0.25, 0.3) is 0 Å². The molecule has 0 aromatic carbocycles. The molecule has 14 nitrogen and oxygen atoms in total. The van der Waals surface area contributed by atoms with Crippen LogP contribution in [0.25, 0.3) is 0 Å². The lowest BCUT2D eigenvalue weighted by Crippen LogP contribution is -2.65. The quantitative estimate of drug-likeness (QED) is 0.0340. The predicted molar refractivity (Wildman–Crippen MR) is 230 cm³/mol. The first-order chi connectivity index (χ1) is 29.1. The highest BCUT2D eigenvalue weighted by Gasteiger charge is 2.50. The van der Waals surface area contributed by atoms with Crippen LogP contribution in [0.4, 0.5) is 0 Å². The van der Waals surface area contributed by atoms with Crippen molar-refractivity contribution in [3.8, 4) is 0 Å². The van der Waals surface area contributed by atoms with Crippen molar-refractivity contribution in [1.82, 2.24) is 5.32 Å². The average molecular weight is 854 g/mol. The third-order valence-corrected chi connectivity index (χ3v) is 10.7. The van der Waals surface area contributed by atoms with Gasteiger partial charge < -0.3 is 65.1 Å². The normalized spacial score (nSPS) is 28.8. The van der Waals surface area contributed by atoms with Crippen LogP contribution < -0.4 is 5.32 Å². The number of carbonyl (C=O) groups is 1. The molecule has 2 fully saturated rings. The summed E-state index contributed by atoms with van der Waals surface area (Å²) in [4.78, 5) is 13.1. The summed E-state index contributed by atoms with van der Waals surface area (Å²) in [6.45, 7) is 2.58. The fourth-order valence-electron chi connectivity index (χ4n) is 6.98. The number of hydrogen-bond acceptors (Lipinski definition) is 13. The van der Waals surface area contributed by atoms with Crippen molar-refractivity contribution in [2.24, 2.45) is 0 Å². The fraction of sp³-hybridized carbons (Fsp3) is 0.761. The van der Waals surface area contributed by atoms with Gasteiger partial charge in [-0.15, -0.1) is 0 Å². The lowest BCUT2D eigenvalue weighted by molar-refractivity contribution is -0.359. The molecule has 0 radical (unpaired) electrons. The number of rotatable bonds is 32. The van der Waals surface area contributed by atoms with Crippen molar-refractivity contribution in [3.63, 3.8) is 0 Å². The first kappa shape index (κ1) is 53.8. The van der Waals surface area contributed by atoms with E-state index in [-0.39, 0.29) is 18.9 Å². The number of allylic oxidation sites excluding steroid dienone is 9. The molecule has 2 rings (SSSR count). The van der Waals surface area contributed by atoms with E-state index in [2.05, 4.69) is 67.8 Å². The summed E-state index contributed by atoms with van der Waals surface area (Å²) in [5.74, 6) is -0.270. The third kappa shape index (κ3) is 21.2. The van der Waals surface area contributed by atoms with Crippen LogP contribution in [0.15, 0.2) is 60.8 Å². The van der Waals surface area contributed by atoms with Crippen molar-refractivity contribution in [1.29, 1.82) is 0 Å². The summed E-state index contributed by atoms with van der Waals surface area (Å²) in [6.07, 6.45) is 21.4. The first-order valence-corrected chi connectivity index (χ1v) is 22.5. The van der Waals surface area contributed by atoms with Crippen LogP contribution >= 0.6 is 0 Å². The van der Waals surface area contributed by atoms with Crippen LogP contribution in [0.2, 0.25) is 0 Å². The number of nitrogens with one attached hydrogen (secondary N) is 1. The molecule has 0 saturated carbocycles. The first-order valence-electron chi connectivity index (χ1n) is 22.5. The molecule has 0 aromatic rings. The second-order valence-electron chi connectivity index (χ2n) is 15.8. The Hall–Kier alpha value is -2.31. The number of carbonyl (C=O) groups excluding carboxylic acids is 1. The topological polar surface area (TPSA) is 228 Å². The van der Waals surface area contributed by atoms with Crippen LogP contribution in [0.1, 0.15) is 129 Å². The number of aliphatic hydroxyl groups excluding tert-OH is 8. The maximum absolute atomic E-state index is 13.1. The second-order valence-corrected chi connectivity index (χ2v) is 15.8. The van der Waals surface area contributed by atoms with E-state index >= 15 is 0 Å². The van der Waals surface area contributed by atoms with Crippen molar-refractivity contribution in [2.75, 3.05) is 19.8 Å². The molecule has 0 aliphatic carbocycles. The van der Waals surface area contributed by atoms with Gasteiger partial charge in [0.15, 0.2) is 12.6 Å². The molecule has 2 aliphatic heterocycles. The zero-order valence-electron chi connectivity index (χ0n) is 36.2. The minimum Gasteiger partial charge on any atom is -0.394 e. The summed E-state index contributed by atoms with van der Waals surface area (Å²) in [7, 11) is 0. The molecule has 9 N–H and O–H groups in total. The molecular formula is C46H79NO13. The van der Waals surface area contributed by atoms with Crippen molar-refractivity contribution in [3.05, 3.63) is 60.8 Å². The maximum atomic E-state index is 13.1. The average Bonchev–Trinajstić information content (AvgIpc) is 3.24. The minimum absolute atomic E-state index is 0.250. The Morgan fingerprint density at radius 3 is 1.77 bits per heavy atom. The van der Waals surface area contributed by atoms with E-state index in [9.17, 15) is 45.6 Å². The summed E-state index contributed by atoms with van der Waals surface area (Å²) in [5.41, 5.74) is 0. The standard InChI is InChI=1S/C46H79NO13/c1-3-5-7-9-11-13-14-15-16-17-18-19-20-22-24-26-28-30-38(51)47-34(35(50)29-27-25-23-21-12-10-8-6-4-2)33-57-45-43(56)41(54)44(37(32-49)59-45)60-46-42(55)40(53)39(52)36(31-48)58-46/h5,7,11,13,15-16,18-19,27,29,34-37,39-46,48-50,52-56H,3-4,6,8-10,12,14,17,20-26,28,30-33H2,1-2H3,(H,47,51)/b7-5-,13-11-,16-15-,19-18-,29-27+. The third-order valence-electron chi connectivity index (χ3n) is 10.7. The van der Waals surface area contributed by atoms with Gasteiger partial charge in [-0.1, -0.05) is 126 Å². The molecule has 0 spiro atoms. The van der Waals surface area contributed by atoms with Crippen LogP contribution in [-0.4, -0.2) is 140 Å². The summed E-state index contributed by atoms with van der Waals surface area (Å²) < 4.78 is 22.6. The second kappa shape index (κ2) is 33.3. The Bertz CT molecular complexity index is 1240. The van der Waals surface area contributed by atoms with Gasteiger partial charge in [0, 0.05) is 6.42 Å². The monoisotopic (exact) mass is 854 g/mol. The van der Waals surface area contributed by atoms with Crippen LogP contribution in [0.5, 0.6) is 0 Å². The molecule has 346 valence electrons. The van der Waals surface area contributed by atoms with Gasteiger partial charge in [-0.25, -0.2) is 0 Å². The highest BCUT2D eigenvalue weighted by Crippen LogP contribution is 2.30. The van der Waals surface area contributed by atoms with E-state index in [4.69, 9.17) is 18.9 Å². The summed E-state index contributed by atoms with van der Waals surface area (Å²) in [5, 5.41) is 86.3. The van der Waals surface area contributed by atoms with E-state index in [0.29, 0.717) is 6.42 Å². The zero-order chi connectivity index (χ0) is 44.0. The smallest absolute Gasteiger partial charge is 0.220 e. The van der Waals surface area contributed by atoms with Gasteiger partial charge in [0.1, 0.15) is 48.8 Å². The van der Waals surface area contributed by atoms with E-state index in [0.717, 1.165) is 77.0 Å². The molecule has 0 bridgehead atoms. The van der Waals surface area contributed by atoms with Gasteiger partial charge in [0.05, 0.1) is 32.0 Å². The Kier molecular flexibility index (Phi) is 29.9. The molecule has 12 unspecified atom stereocenters. The molecule has 2 aliphatic rings. The Balaban J connectivity index is 1.89. The maximum Gasteiger partial charge on any atom is 0.220 e. The molecule has 60 heavy (non-hydrogen) atoms. The number of hydrogen-bond donors (Lipinski definition) is 9. The zero-order valence-corrected chi connectivity index (χ0v) is 36.2. The number of unbranched alkanes of at least 4 members (excludes halogenated alkanes) is 11. The fourth-order valence-corrected chi connectivity index (χ4v) is 6.98. The highest BCUT2D eigenvalue weighted by atomic mass is 16.7. The van der Waals surface area contributed by atoms with Gasteiger partial charge in [0.2, 0.25) is 5.91 Å². The molecule has 2 heterocycles. The van der Waals surface area contributed by atoms with Crippen LogP contribution in [0.3, 0.4) is 0 Å². The van der Waals surface area contributed by atoms with E-state index in [1.54, 1.807) is 6.08 Å². The van der Waals surface area contributed by atoms with Gasteiger partial charge >= 0.3 is 0 Å².